The van der Waals surface area contributed by atoms with Gasteiger partial charge in [-0.25, -0.2) is 0 Å². The van der Waals surface area contributed by atoms with Crippen LogP contribution in [-0.2, 0) is 0 Å². The van der Waals surface area contributed by atoms with E-state index in [1.54, 1.807) is 11.8 Å². The van der Waals surface area contributed by atoms with E-state index in [0.29, 0.717) is 5.02 Å². The van der Waals surface area contributed by atoms with Gasteiger partial charge in [0.15, 0.2) is 5.17 Å². The molecular weight excluding hydrogens is 339 g/mol. The number of fused-ring (bicyclic) bond motifs is 1. The van der Waals surface area contributed by atoms with Gasteiger partial charge in [-0.2, -0.15) is 0 Å². The van der Waals surface area contributed by atoms with Crippen LogP contribution in [0.5, 0.6) is 5.75 Å². The molecule has 3 rings (SSSR count). The summed E-state index contributed by atoms with van der Waals surface area (Å²) >= 11 is 8.04. The van der Waals surface area contributed by atoms with E-state index in [2.05, 4.69) is 28.3 Å². The van der Waals surface area contributed by atoms with Gasteiger partial charge in [0.25, 0.3) is 0 Å². The quantitative estimate of drug-likeness (QED) is 0.665. The molecule has 1 aromatic carbocycles. The Morgan fingerprint density at radius 1 is 1.36 bits per heavy atom. The summed E-state index contributed by atoms with van der Waals surface area (Å²) in [6.07, 6.45) is 3.46. The fourth-order valence-electron chi connectivity index (χ4n) is 2.46. The minimum atomic E-state index is 0. The van der Waals surface area contributed by atoms with Crippen LogP contribution in [0.3, 0.4) is 0 Å². The lowest BCUT2D eigenvalue weighted by atomic mass is 10.1. The number of hydrogen-bond donors (Lipinski definition) is 0. The number of thioether (sulfide) groups is 1. The fourth-order valence-corrected chi connectivity index (χ4v) is 3.66. The summed E-state index contributed by atoms with van der Waals surface area (Å²) in [5.41, 5.74) is 2.32. The van der Waals surface area contributed by atoms with Gasteiger partial charge in [-0.3, -0.25) is 4.99 Å². The Hall–Kier alpha value is -0.840. The van der Waals surface area contributed by atoms with Crippen LogP contribution in [0.1, 0.15) is 31.7 Å². The Morgan fingerprint density at radius 2 is 2.23 bits per heavy atom. The number of aliphatic imine (C=N–C) groups is 1. The molecule has 0 fully saturated rings. The molecule has 0 N–H and O–H groups in total. The van der Waals surface area contributed by atoms with Crippen LogP contribution >= 0.6 is 35.8 Å². The van der Waals surface area contributed by atoms with Gasteiger partial charge in [0.1, 0.15) is 5.75 Å². The van der Waals surface area contributed by atoms with Gasteiger partial charge >= 0.3 is 0 Å². The molecule has 0 unspecified atom stereocenters. The average Bonchev–Trinajstić information content (AvgIpc) is 3.07. The lowest BCUT2D eigenvalue weighted by molar-refractivity contribution is 0.306. The van der Waals surface area contributed by atoms with Gasteiger partial charge in [-0.15, -0.1) is 12.4 Å². The standard InChI is InChI=1S/C16H19ClN2OS.ClH/c1-2-3-4-9-20-15-6-5-12(10-13(15)17)14-11-21-16-18-7-8-19(14)16;/h5-6,10-11H,2-4,7-9H2,1H3;1H. The molecule has 0 bridgehead atoms. The van der Waals surface area contributed by atoms with Crippen molar-refractivity contribution in [3.63, 3.8) is 0 Å². The predicted octanol–water partition coefficient (Wildman–Crippen LogP) is 5.05. The van der Waals surface area contributed by atoms with Crippen LogP contribution in [0.4, 0.5) is 0 Å². The summed E-state index contributed by atoms with van der Waals surface area (Å²) in [6, 6.07) is 6.04. The molecular formula is C16H20Cl2N2OS. The molecule has 0 aromatic heterocycles. The van der Waals surface area contributed by atoms with E-state index >= 15 is 0 Å². The maximum atomic E-state index is 6.36. The topological polar surface area (TPSA) is 24.8 Å². The summed E-state index contributed by atoms with van der Waals surface area (Å²) in [5.74, 6) is 0.776. The minimum absolute atomic E-state index is 0. The number of halogens is 2. The van der Waals surface area contributed by atoms with Gasteiger partial charge in [0.2, 0.25) is 0 Å². The van der Waals surface area contributed by atoms with Crippen molar-refractivity contribution in [2.75, 3.05) is 19.7 Å². The van der Waals surface area contributed by atoms with Crippen molar-refractivity contribution in [1.82, 2.24) is 4.90 Å². The third kappa shape index (κ3) is 3.73. The van der Waals surface area contributed by atoms with Crippen molar-refractivity contribution in [3.8, 4) is 5.75 Å². The van der Waals surface area contributed by atoms with Crippen LogP contribution in [-0.4, -0.2) is 29.8 Å². The summed E-state index contributed by atoms with van der Waals surface area (Å²) in [7, 11) is 0. The molecule has 0 amide bonds. The van der Waals surface area contributed by atoms with Crippen molar-refractivity contribution in [2.24, 2.45) is 4.99 Å². The predicted molar refractivity (Wildman–Crippen MR) is 98.3 cm³/mol. The highest BCUT2D eigenvalue weighted by Crippen LogP contribution is 2.37. The highest BCUT2D eigenvalue weighted by Gasteiger charge is 2.27. The van der Waals surface area contributed by atoms with E-state index in [1.807, 2.05) is 12.1 Å². The molecule has 0 aliphatic carbocycles. The molecule has 1 aromatic rings. The van der Waals surface area contributed by atoms with Crippen LogP contribution in [0, 0.1) is 0 Å². The lowest BCUT2D eigenvalue weighted by Gasteiger charge is -2.17. The summed E-state index contributed by atoms with van der Waals surface area (Å²) in [6.45, 7) is 4.76. The van der Waals surface area contributed by atoms with Gasteiger partial charge in [-0.05, 0) is 24.6 Å². The van der Waals surface area contributed by atoms with E-state index in [-0.39, 0.29) is 12.4 Å². The SMILES string of the molecule is CCCCCOc1ccc(C2=CSC3=NCCN23)cc1Cl.Cl. The van der Waals surface area contributed by atoms with Gasteiger partial charge in [0.05, 0.1) is 23.9 Å². The molecule has 2 aliphatic rings. The third-order valence-electron chi connectivity index (χ3n) is 3.60. The normalized spacial score (nSPS) is 16.0. The first-order chi connectivity index (χ1) is 10.3. The zero-order valence-corrected chi connectivity index (χ0v) is 14.9. The van der Waals surface area contributed by atoms with E-state index in [4.69, 9.17) is 16.3 Å². The molecule has 3 nitrogen and oxygen atoms in total. The first-order valence-corrected chi connectivity index (χ1v) is 8.67. The van der Waals surface area contributed by atoms with Crippen molar-refractivity contribution < 1.29 is 4.74 Å². The van der Waals surface area contributed by atoms with Crippen LogP contribution in [0.25, 0.3) is 5.70 Å². The van der Waals surface area contributed by atoms with E-state index in [1.165, 1.54) is 18.5 Å². The van der Waals surface area contributed by atoms with E-state index < -0.39 is 0 Å². The van der Waals surface area contributed by atoms with E-state index in [9.17, 15) is 0 Å². The maximum Gasteiger partial charge on any atom is 0.168 e. The van der Waals surface area contributed by atoms with Gasteiger partial charge < -0.3 is 9.64 Å². The maximum absolute atomic E-state index is 6.36. The third-order valence-corrected chi connectivity index (χ3v) is 4.80. The molecule has 6 heteroatoms. The van der Waals surface area contributed by atoms with Gasteiger partial charge in [-0.1, -0.05) is 43.1 Å². The van der Waals surface area contributed by atoms with Crippen molar-refractivity contribution in [3.05, 3.63) is 34.2 Å². The molecule has 0 saturated carbocycles. The zero-order valence-electron chi connectivity index (χ0n) is 12.5. The van der Waals surface area contributed by atoms with Crippen molar-refractivity contribution in [2.45, 2.75) is 26.2 Å². The average molecular weight is 359 g/mol. The molecule has 0 spiro atoms. The Bertz CT molecular complexity index is 590. The molecule has 120 valence electrons. The fraction of sp³-hybridized carbons (Fsp3) is 0.438. The Kier molecular flexibility index (Phi) is 6.48. The Morgan fingerprint density at radius 3 is 3.00 bits per heavy atom. The molecule has 0 atom stereocenters. The summed E-state index contributed by atoms with van der Waals surface area (Å²) < 4.78 is 5.75. The second-order valence-corrected chi connectivity index (χ2v) is 6.38. The van der Waals surface area contributed by atoms with Crippen molar-refractivity contribution >= 4 is 46.6 Å². The first kappa shape index (κ1) is 17.5. The van der Waals surface area contributed by atoms with Crippen LogP contribution in [0.15, 0.2) is 28.6 Å². The lowest BCUT2D eigenvalue weighted by Crippen LogP contribution is -2.19. The molecule has 0 saturated heterocycles. The number of benzene rings is 1. The monoisotopic (exact) mass is 358 g/mol. The zero-order chi connectivity index (χ0) is 14.7. The molecule has 22 heavy (non-hydrogen) atoms. The summed E-state index contributed by atoms with van der Waals surface area (Å²) in [5, 5.41) is 3.92. The second-order valence-electron chi connectivity index (χ2n) is 5.14. The van der Waals surface area contributed by atoms with Gasteiger partial charge in [0, 0.05) is 17.5 Å². The second kappa shape index (κ2) is 8.14. The Balaban J connectivity index is 0.00000176. The number of unbranched alkanes of at least 4 members (excludes halogenated alkanes) is 2. The largest absolute Gasteiger partial charge is 0.492 e. The summed E-state index contributed by atoms with van der Waals surface area (Å²) in [4.78, 5) is 6.72. The van der Waals surface area contributed by atoms with E-state index in [0.717, 1.165) is 42.6 Å². The number of amidine groups is 1. The number of nitrogens with zero attached hydrogens (tertiary/aromatic N) is 2. The Labute approximate surface area is 147 Å². The van der Waals surface area contributed by atoms with Crippen LogP contribution < -0.4 is 4.74 Å². The number of ether oxygens (including phenoxy) is 1. The molecule has 2 heterocycles. The van der Waals surface area contributed by atoms with Crippen molar-refractivity contribution in [1.29, 1.82) is 0 Å². The minimum Gasteiger partial charge on any atom is -0.492 e. The van der Waals surface area contributed by atoms with Crippen LogP contribution in [0.2, 0.25) is 5.02 Å². The first-order valence-electron chi connectivity index (χ1n) is 7.41. The highest BCUT2D eigenvalue weighted by molar-refractivity contribution is 8.16. The number of hydrogen-bond acceptors (Lipinski definition) is 4. The smallest absolute Gasteiger partial charge is 0.168 e. The molecule has 2 aliphatic heterocycles. The number of rotatable bonds is 6. The highest BCUT2D eigenvalue weighted by atomic mass is 35.5. The molecule has 0 radical (unpaired) electrons.